The molecule has 2 N–H and O–H groups in total. The van der Waals surface area contributed by atoms with Gasteiger partial charge in [0.2, 0.25) is 0 Å². The largest absolute Gasteiger partial charge is 0.505 e. The summed E-state index contributed by atoms with van der Waals surface area (Å²) >= 11 is 6.02. The Hall–Kier alpha value is -3.43. The van der Waals surface area contributed by atoms with Crippen molar-refractivity contribution in [1.82, 2.24) is 15.0 Å². The van der Waals surface area contributed by atoms with Crippen LogP contribution in [0.15, 0.2) is 43.0 Å². The summed E-state index contributed by atoms with van der Waals surface area (Å²) < 4.78 is 9.73. The molecule has 3 aromatic rings. The number of aromatic nitrogens is 3. The summed E-state index contributed by atoms with van der Waals surface area (Å²) in [7, 11) is 0. The van der Waals surface area contributed by atoms with Crippen molar-refractivity contribution in [3.8, 4) is 11.4 Å². The van der Waals surface area contributed by atoms with Crippen molar-refractivity contribution in [2.75, 3.05) is 13.2 Å². The van der Waals surface area contributed by atoms with Gasteiger partial charge in [0.15, 0.2) is 0 Å². The maximum atomic E-state index is 12.1. The average molecular weight is 474 g/mol. The lowest BCUT2D eigenvalue weighted by Gasteiger charge is -2.13. The third-order valence-corrected chi connectivity index (χ3v) is 5.04. The Kier molecular flexibility index (Phi) is 8.02. The molecule has 1 unspecified atom stereocenters. The van der Waals surface area contributed by atoms with Crippen LogP contribution in [0.5, 0.6) is 5.75 Å². The number of nitrogens with zero attached hydrogens (tertiary/aromatic N) is 3. The monoisotopic (exact) mass is 473 g/mol. The van der Waals surface area contributed by atoms with Gasteiger partial charge in [-0.15, -0.1) is 15.0 Å². The maximum absolute atomic E-state index is 12.1. The molecule has 9 nitrogen and oxygen atoms in total. The number of halogens is 1. The van der Waals surface area contributed by atoms with E-state index in [9.17, 15) is 19.8 Å². The lowest BCUT2D eigenvalue weighted by Crippen LogP contribution is -2.25. The van der Waals surface area contributed by atoms with Gasteiger partial charge in [-0.1, -0.05) is 31.2 Å². The number of phenolic OH excluding ortho intramolecular Hbond substituents is 1. The smallest absolute Gasteiger partial charge is 0.330 e. The number of fused-ring (bicyclic) bond motifs is 1. The SMILES string of the molecule is C=CC(=O)OCC(O)COC(=O)CCc1cc(CC)c(O)c(-n2nc3ccc(Cl)cc3n2)c1. The highest BCUT2D eigenvalue weighted by Gasteiger charge is 2.16. The van der Waals surface area contributed by atoms with E-state index in [0.29, 0.717) is 40.1 Å². The first-order valence-corrected chi connectivity index (χ1v) is 10.7. The highest BCUT2D eigenvalue weighted by molar-refractivity contribution is 6.31. The van der Waals surface area contributed by atoms with Crippen LogP contribution in [0.3, 0.4) is 0 Å². The molecule has 0 aliphatic rings. The molecule has 0 radical (unpaired) electrons. The van der Waals surface area contributed by atoms with Crippen LogP contribution >= 0.6 is 11.6 Å². The van der Waals surface area contributed by atoms with E-state index in [-0.39, 0.29) is 25.4 Å². The topological polar surface area (TPSA) is 124 Å². The number of ether oxygens (including phenoxy) is 2. The van der Waals surface area contributed by atoms with Gasteiger partial charge in [0.05, 0.1) is 0 Å². The van der Waals surface area contributed by atoms with Crippen molar-refractivity contribution in [2.45, 2.75) is 32.3 Å². The number of rotatable bonds is 10. The maximum Gasteiger partial charge on any atom is 0.330 e. The van der Waals surface area contributed by atoms with Crippen molar-refractivity contribution in [3.63, 3.8) is 0 Å². The van der Waals surface area contributed by atoms with Crippen LogP contribution in [0.25, 0.3) is 16.7 Å². The van der Waals surface area contributed by atoms with E-state index in [2.05, 4.69) is 16.8 Å². The first-order valence-electron chi connectivity index (χ1n) is 10.3. The van der Waals surface area contributed by atoms with E-state index in [1.54, 1.807) is 24.3 Å². The molecule has 1 aromatic heterocycles. The zero-order valence-corrected chi connectivity index (χ0v) is 18.8. The molecule has 0 saturated carbocycles. The number of aryl methyl sites for hydroxylation is 2. The minimum atomic E-state index is -1.13. The van der Waals surface area contributed by atoms with Crippen molar-refractivity contribution in [1.29, 1.82) is 0 Å². The number of carbonyl (C=O) groups excluding carboxylic acids is 2. The molecular weight excluding hydrogens is 450 g/mol. The van der Waals surface area contributed by atoms with Crippen LogP contribution in [0.4, 0.5) is 0 Å². The highest BCUT2D eigenvalue weighted by atomic mass is 35.5. The van der Waals surface area contributed by atoms with Crippen LogP contribution in [0, 0.1) is 0 Å². The van der Waals surface area contributed by atoms with Gasteiger partial charge in [-0.25, -0.2) is 4.79 Å². The molecule has 0 saturated heterocycles. The fourth-order valence-electron chi connectivity index (χ4n) is 3.10. The van der Waals surface area contributed by atoms with E-state index in [0.717, 1.165) is 11.6 Å². The Labute approximate surface area is 195 Å². The lowest BCUT2D eigenvalue weighted by molar-refractivity contribution is -0.150. The normalized spacial score (nSPS) is 11.8. The number of phenols is 1. The van der Waals surface area contributed by atoms with Crippen LogP contribution in [0.2, 0.25) is 5.02 Å². The summed E-state index contributed by atoms with van der Waals surface area (Å²) in [5.74, 6) is -1.13. The molecule has 1 heterocycles. The molecule has 174 valence electrons. The Bertz CT molecular complexity index is 1180. The van der Waals surface area contributed by atoms with Crippen LogP contribution in [-0.4, -0.2) is 56.5 Å². The van der Waals surface area contributed by atoms with Crippen molar-refractivity contribution >= 4 is 34.6 Å². The Balaban J connectivity index is 1.67. The van der Waals surface area contributed by atoms with E-state index >= 15 is 0 Å². The molecule has 3 rings (SSSR count). The Morgan fingerprint density at radius 3 is 2.64 bits per heavy atom. The summed E-state index contributed by atoms with van der Waals surface area (Å²) in [6.07, 6.45) is 0.813. The van der Waals surface area contributed by atoms with Crippen molar-refractivity contribution < 1.29 is 29.3 Å². The number of aliphatic hydroxyl groups is 1. The summed E-state index contributed by atoms with van der Waals surface area (Å²) in [5, 5.41) is 29.8. The number of hydrogen-bond acceptors (Lipinski definition) is 8. The fourth-order valence-corrected chi connectivity index (χ4v) is 3.26. The number of benzene rings is 2. The fraction of sp³-hybridized carbons (Fsp3) is 0.304. The first-order chi connectivity index (χ1) is 15.8. The van der Waals surface area contributed by atoms with Gasteiger partial charge in [0.1, 0.15) is 41.8 Å². The van der Waals surface area contributed by atoms with Crippen LogP contribution in [-0.2, 0) is 31.9 Å². The average Bonchev–Trinajstić information content (AvgIpc) is 3.23. The zero-order valence-electron chi connectivity index (χ0n) is 18.0. The zero-order chi connectivity index (χ0) is 24.0. The second kappa shape index (κ2) is 10.9. The van der Waals surface area contributed by atoms with Crippen LogP contribution in [0.1, 0.15) is 24.5 Å². The summed E-state index contributed by atoms with van der Waals surface area (Å²) in [4.78, 5) is 24.4. The molecule has 1 atom stereocenters. The van der Waals surface area contributed by atoms with Gasteiger partial charge in [0, 0.05) is 17.5 Å². The predicted molar refractivity (Wildman–Crippen MR) is 121 cm³/mol. The number of aliphatic hydroxyl groups excluding tert-OH is 1. The summed E-state index contributed by atoms with van der Waals surface area (Å²) in [5.41, 5.74) is 3.09. The number of carbonyl (C=O) groups is 2. The highest BCUT2D eigenvalue weighted by Crippen LogP contribution is 2.29. The van der Waals surface area contributed by atoms with Crippen LogP contribution < -0.4 is 0 Å². The molecule has 0 fully saturated rings. The van der Waals surface area contributed by atoms with E-state index in [1.165, 1.54) is 4.80 Å². The van der Waals surface area contributed by atoms with Gasteiger partial charge >= 0.3 is 11.9 Å². The molecule has 0 amide bonds. The number of aromatic hydroxyl groups is 1. The number of esters is 2. The Morgan fingerprint density at radius 1 is 1.18 bits per heavy atom. The standard InChI is InChI=1S/C23H24ClN3O6/c1-3-15-9-14(5-8-22(30)33-13-17(28)12-32-21(29)4-2)10-20(23(15)31)27-25-18-7-6-16(24)11-19(18)26-27/h4,6-7,9-11,17,28,31H,2-3,5,8,12-13H2,1H3. The second-order valence-corrected chi connectivity index (χ2v) is 7.71. The molecule has 0 bridgehead atoms. The summed E-state index contributed by atoms with van der Waals surface area (Å²) in [6.45, 7) is 4.57. The van der Waals surface area contributed by atoms with E-state index < -0.39 is 18.0 Å². The first kappa shape index (κ1) is 24.2. The van der Waals surface area contributed by atoms with Gasteiger partial charge in [-0.2, -0.15) is 0 Å². The second-order valence-electron chi connectivity index (χ2n) is 7.27. The van der Waals surface area contributed by atoms with Gasteiger partial charge in [-0.05, 0) is 48.2 Å². The summed E-state index contributed by atoms with van der Waals surface area (Å²) in [6, 6.07) is 8.67. The molecule has 10 heteroatoms. The molecule has 2 aromatic carbocycles. The van der Waals surface area contributed by atoms with Gasteiger partial charge in [-0.3, -0.25) is 4.79 Å². The molecular formula is C23H24ClN3O6. The Morgan fingerprint density at radius 2 is 1.91 bits per heavy atom. The molecule has 33 heavy (non-hydrogen) atoms. The minimum Gasteiger partial charge on any atom is -0.505 e. The quantitative estimate of drug-likeness (QED) is 0.340. The minimum absolute atomic E-state index is 0.0522. The third-order valence-electron chi connectivity index (χ3n) is 4.81. The molecule has 0 aliphatic heterocycles. The molecule has 0 aliphatic carbocycles. The molecule has 0 spiro atoms. The van der Waals surface area contributed by atoms with E-state index in [4.69, 9.17) is 21.1 Å². The lowest BCUT2D eigenvalue weighted by atomic mass is 10.0. The predicted octanol–water partition coefficient (Wildman–Crippen LogP) is 2.91. The van der Waals surface area contributed by atoms with Gasteiger partial charge in [0.25, 0.3) is 0 Å². The van der Waals surface area contributed by atoms with E-state index in [1.807, 2.05) is 13.0 Å². The van der Waals surface area contributed by atoms with Crippen molar-refractivity contribution in [3.05, 3.63) is 59.1 Å². The number of hydrogen-bond donors (Lipinski definition) is 2. The van der Waals surface area contributed by atoms with Gasteiger partial charge < -0.3 is 19.7 Å². The van der Waals surface area contributed by atoms with Crippen molar-refractivity contribution in [2.24, 2.45) is 0 Å². The third kappa shape index (κ3) is 6.30.